The van der Waals surface area contributed by atoms with Crippen molar-refractivity contribution in [3.8, 4) is 5.75 Å². The first kappa shape index (κ1) is 16.7. The van der Waals surface area contributed by atoms with E-state index in [4.69, 9.17) is 4.74 Å². The topological polar surface area (TPSA) is 89.5 Å². The van der Waals surface area contributed by atoms with Gasteiger partial charge >= 0.3 is 5.97 Å². The van der Waals surface area contributed by atoms with Crippen molar-refractivity contribution in [3.05, 3.63) is 54.6 Å². The number of esters is 1. The maximum Gasteiger partial charge on any atom is 0.335 e. The van der Waals surface area contributed by atoms with E-state index < -0.39 is 21.9 Å². The van der Waals surface area contributed by atoms with Crippen molar-refractivity contribution in [1.29, 1.82) is 0 Å². The number of amides is 1. The first-order chi connectivity index (χ1) is 10.8. The van der Waals surface area contributed by atoms with Gasteiger partial charge in [-0.25, -0.2) is 13.2 Å². The second-order valence-corrected chi connectivity index (χ2v) is 6.62. The smallest absolute Gasteiger partial charge is 0.335 e. The van der Waals surface area contributed by atoms with E-state index in [1.54, 1.807) is 36.4 Å². The van der Waals surface area contributed by atoms with Gasteiger partial charge in [-0.05, 0) is 17.0 Å². The summed E-state index contributed by atoms with van der Waals surface area (Å²) in [5.41, 5.74) is 0.625. The van der Waals surface area contributed by atoms with Gasteiger partial charge in [-0.3, -0.25) is 9.52 Å². The molecule has 0 saturated carbocycles. The average Bonchev–Trinajstić information content (AvgIpc) is 2.47. The summed E-state index contributed by atoms with van der Waals surface area (Å²) in [6, 6.07) is 10.2. The fourth-order valence-electron chi connectivity index (χ4n) is 2.14. The van der Waals surface area contributed by atoms with Crippen LogP contribution in [0.15, 0.2) is 49.1 Å². The third-order valence-electron chi connectivity index (χ3n) is 3.00. The summed E-state index contributed by atoms with van der Waals surface area (Å²) in [6.45, 7) is 3.34. The Morgan fingerprint density at radius 1 is 1.17 bits per heavy atom. The van der Waals surface area contributed by atoms with Crippen molar-refractivity contribution in [2.24, 2.45) is 0 Å². The number of rotatable bonds is 5. The Bertz CT molecular complexity index is 886. The molecule has 2 aromatic rings. The molecule has 0 aliphatic rings. The van der Waals surface area contributed by atoms with E-state index in [9.17, 15) is 18.0 Å². The van der Waals surface area contributed by atoms with Gasteiger partial charge in [-0.1, -0.05) is 36.9 Å². The number of benzene rings is 2. The molecule has 120 valence electrons. The molecule has 1 amide bonds. The zero-order chi connectivity index (χ0) is 17.0. The van der Waals surface area contributed by atoms with Gasteiger partial charge in [0.15, 0.2) is 0 Å². The number of carbonyl (C=O) groups is 2. The van der Waals surface area contributed by atoms with Gasteiger partial charge in [-0.2, -0.15) is 0 Å². The second kappa shape index (κ2) is 6.62. The van der Waals surface area contributed by atoms with Crippen LogP contribution in [0.2, 0.25) is 0 Å². The van der Waals surface area contributed by atoms with Gasteiger partial charge in [0.25, 0.3) is 0 Å². The highest BCUT2D eigenvalue weighted by Gasteiger charge is 2.13. The lowest BCUT2D eigenvalue weighted by Crippen LogP contribution is -2.30. The van der Waals surface area contributed by atoms with Crippen molar-refractivity contribution < 1.29 is 22.7 Å². The predicted octanol–water partition coefficient (Wildman–Crippen LogP) is 1.55. The van der Waals surface area contributed by atoms with Crippen LogP contribution in [0.25, 0.3) is 10.8 Å². The Morgan fingerprint density at radius 3 is 2.43 bits per heavy atom. The van der Waals surface area contributed by atoms with E-state index in [0.29, 0.717) is 22.1 Å². The molecule has 1 N–H and O–H groups in total. The largest absolute Gasteiger partial charge is 0.423 e. The van der Waals surface area contributed by atoms with Crippen LogP contribution < -0.4 is 9.46 Å². The molecule has 0 spiro atoms. The Balaban J connectivity index is 2.39. The van der Waals surface area contributed by atoms with Gasteiger partial charge in [-0.15, -0.1) is 0 Å². The monoisotopic (exact) mass is 333 g/mol. The van der Waals surface area contributed by atoms with Crippen LogP contribution in [0.3, 0.4) is 0 Å². The zero-order valence-corrected chi connectivity index (χ0v) is 13.2. The second-order valence-electron chi connectivity index (χ2n) is 4.87. The van der Waals surface area contributed by atoms with E-state index in [2.05, 4.69) is 6.58 Å². The number of fused-ring (bicyclic) bond motifs is 1. The van der Waals surface area contributed by atoms with E-state index in [0.717, 1.165) is 12.3 Å². The molecule has 2 rings (SSSR count). The molecule has 0 aliphatic heterocycles. The van der Waals surface area contributed by atoms with E-state index in [1.165, 1.54) is 0 Å². The minimum atomic E-state index is -3.60. The van der Waals surface area contributed by atoms with Crippen LogP contribution in [0.4, 0.5) is 0 Å². The Morgan fingerprint density at radius 2 is 1.83 bits per heavy atom. The lowest BCUT2D eigenvalue weighted by Gasteiger charge is -2.10. The Labute approximate surface area is 133 Å². The highest BCUT2D eigenvalue weighted by Crippen LogP contribution is 2.29. The summed E-state index contributed by atoms with van der Waals surface area (Å²) >= 11 is 0. The normalized spacial score (nSPS) is 11.0. The van der Waals surface area contributed by atoms with Gasteiger partial charge in [0.1, 0.15) is 5.75 Å². The zero-order valence-electron chi connectivity index (χ0n) is 12.4. The third kappa shape index (κ3) is 4.40. The number of ether oxygens (including phenoxy) is 1. The van der Waals surface area contributed by atoms with Gasteiger partial charge in [0.05, 0.1) is 12.7 Å². The molecule has 0 atom stereocenters. The van der Waals surface area contributed by atoms with Crippen LogP contribution in [-0.4, -0.2) is 26.6 Å². The molecule has 0 heterocycles. The number of sulfonamides is 1. The molecule has 23 heavy (non-hydrogen) atoms. The maximum atomic E-state index is 11.8. The first-order valence-corrected chi connectivity index (χ1v) is 8.55. The lowest BCUT2D eigenvalue weighted by molar-refractivity contribution is -0.128. The predicted molar refractivity (Wildman–Crippen MR) is 86.5 cm³/mol. The van der Waals surface area contributed by atoms with Gasteiger partial charge in [0.2, 0.25) is 15.9 Å². The molecule has 2 aromatic carbocycles. The summed E-state index contributed by atoms with van der Waals surface area (Å²) < 4.78 is 29.3. The summed E-state index contributed by atoms with van der Waals surface area (Å²) in [5, 5.41) is 1.35. The van der Waals surface area contributed by atoms with Crippen LogP contribution in [0, 0.1) is 0 Å². The van der Waals surface area contributed by atoms with Crippen molar-refractivity contribution in [2.45, 2.75) is 6.42 Å². The molecular formula is C16H15NO5S. The molecule has 7 heteroatoms. The fourth-order valence-corrected chi connectivity index (χ4v) is 2.63. The molecule has 0 bridgehead atoms. The molecule has 0 fully saturated rings. The van der Waals surface area contributed by atoms with E-state index in [-0.39, 0.29) is 6.42 Å². The number of hydrogen-bond donors (Lipinski definition) is 1. The molecule has 0 aromatic heterocycles. The fraction of sp³-hybridized carbons (Fsp3) is 0.125. The average molecular weight is 333 g/mol. The van der Waals surface area contributed by atoms with Crippen LogP contribution in [0.1, 0.15) is 5.56 Å². The Hall–Kier alpha value is -2.67. The molecule has 0 aliphatic carbocycles. The SMILES string of the molecule is C=CC(=O)Oc1ccc(CC(=O)NS(C)(=O)=O)c2ccccc12. The third-order valence-corrected chi connectivity index (χ3v) is 3.60. The van der Waals surface area contributed by atoms with Crippen LogP contribution >= 0.6 is 0 Å². The molecular weight excluding hydrogens is 318 g/mol. The van der Waals surface area contributed by atoms with Gasteiger partial charge < -0.3 is 4.74 Å². The number of carbonyl (C=O) groups excluding carboxylic acids is 2. The van der Waals surface area contributed by atoms with Crippen LogP contribution in [-0.2, 0) is 26.0 Å². The van der Waals surface area contributed by atoms with Crippen LogP contribution in [0.5, 0.6) is 5.75 Å². The quantitative estimate of drug-likeness (QED) is 0.509. The van der Waals surface area contributed by atoms with Crippen molar-refractivity contribution >= 4 is 32.7 Å². The van der Waals surface area contributed by atoms with Crippen molar-refractivity contribution in [1.82, 2.24) is 4.72 Å². The Kier molecular flexibility index (Phi) is 4.80. The van der Waals surface area contributed by atoms with E-state index >= 15 is 0 Å². The molecule has 0 unspecified atom stereocenters. The first-order valence-electron chi connectivity index (χ1n) is 6.65. The maximum absolute atomic E-state index is 11.8. The highest BCUT2D eigenvalue weighted by molar-refractivity contribution is 7.89. The highest BCUT2D eigenvalue weighted by atomic mass is 32.2. The minimum Gasteiger partial charge on any atom is -0.423 e. The summed E-state index contributed by atoms with van der Waals surface area (Å²) in [7, 11) is -3.60. The van der Waals surface area contributed by atoms with E-state index in [1.807, 2.05) is 4.72 Å². The standard InChI is InChI=1S/C16H15NO5S/c1-3-16(19)22-14-9-8-11(10-15(18)17-23(2,20)21)12-6-4-5-7-13(12)14/h3-9H,1,10H2,2H3,(H,17,18). The number of hydrogen-bond acceptors (Lipinski definition) is 5. The summed E-state index contributed by atoms with van der Waals surface area (Å²) in [5.74, 6) is -0.871. The van der Waals surface area contributed by atoms with Crippen molar-refractivity contribution in [3.63, 3.8) is 0 Å². The minimum absolute atomic E-state index is 0.108. The summed E-state index contributed by atoms with van der Waals surface area (Å²) in [6.07, 6.45) is 1.87. The molecule has 0 saturated heterocycles. The lowest BCUT2D eigenvalue weighted by atomic mass is 10.0. The van der Waals surface area contributed by atoms with Gasteiger partial charge in [0, 0.05) is 11.5 Å². The number of nitrogens with one attached hydrogen (secondary N) is 1. The van der Waals surface area contributed by atoms with Crippen molar-refractivity contribution in [2.75, 3.05) is 6.26 Å². The molecule has 0 radical (unpaired) electrons. The molecule has 6 nitrogen and oxygen atoms in total. The summed E-state index contributed by atoms with van der Waals surface area (Å²) in [4.78, 5) is 23.2.